The number of hydrogen-bond acceptors (Lipinski definition) is 2. The first kappa shape index (κ1) is 14.0. The Hall–Kier alpha value is -1.46. The molecule has 0 saturated carbocycles. The summed E-state index contributed by atoms with van der Waals surface area (Å²) in [5.74, 6) is -0.274. The van der Waals surface area contributed by atoms with Gasteiger partial charge in [0.05, 0.1) is 13.2 Å². The second-order valence-electron chi connectivity index (χ2n) is 4.03. The summed E-state index contributed by atoms with van der Waals surface area (Å²) in [6.07, 6.45) is 0. The third-order valence-corrected chi connectivity index (χ3v) is 3.51. The molecule has 0 spiro atoms. The van der Waals surface area contributed by atoms with Crippen LogP contribution in [-0.4, -0.2) is 7.11 Å². The summed E-state index contributed by atoms with van der Waals surface area (Å²) in [6, 6.07) is 7.72. The number of benzene rings is 2. The Morgan fingerprint density at radius 3 is 2.32 bits per heavy atom. The number of rotatable bonds is 3. The Balaban J connectivity index is 2.49. The van der Waals surface area contributed by atoms with E-state index in [4.69, 9.17) is 10.5 Å². The normalized spacial score (nSPS) is 12.3. The fourth-order valence-corrected chi connectivity index (χ4v) is 2.47. The Morgan fingerprint density at radius 1 is 1.05 bits per heavy atom. The molecule has 19 heavy (non-hydrogen) atoms. The predicted octanol–water partition coefficient (Wildman–Crippen LogP) is 3.78. The van der Waals surface area contributed by atoms with Crippen molar-refractivity contribution in [3.05, 3.63) is 63.6 Å². The van der Waals surface area contributed by atoms with E-state index in [9.17, 15) is 8.78 Å². The number of methoxy groups -OCH3 is 1. The van der Waals surface area contributed by atoms with Crippen molar-refractivity contribution >= 4 is 15.9 Å². The average molecular weight is 328 g/mol. The molecule has 0 aliphatic heterocycles. The molecule has 0 fully saturated rings. The summed E-state index contributed by atoms with van der Waals surface area (Å²) in [7, 11) is 1.49. The molecule has 2 rings (SSSR count). The van der Waals surface area contributed by atoms with Crippen LogP contribution in [0.15, 0.2) is 40.9 Å². The van der Waals surface area contributed by atoms with Crippen LogP contribution in [0.4, 0.5) is 8.78 Å². The molecule has 1 unspecified atom stereocenters. The van der Waals surface area contributed by atoms with E-state index in [0.717, 1.165) is 0 Å². The minimum Gasteiger partial charge on any atom is -0.496 e. The fourth-order valence-electron chi connectivity index (χ4n) is 1.87. The molecule has 100 valence electrons. The third kappa shape index (κ3) is 2.93. The van der Waals surface area contributed by atoms with Crippen molar-refractivity contribution in [2.24, 2.45) is 5.73 Å². The van der Waals surface area contributed by atoms with Crippen LogP contribution in [0.2, 0.25) is 0 Å². The highest BCUT2D eigenvalue weighted by Gasteiger charge is 2.17. The number of ether oxygens (including phenoxy) is 1. The van der Waals surface area contributed by atoms with Crippen molar-refractivity contribution in [3.8, 4) is 5.75 Å². The van der Waals surface area contributed by atoms with Gasteiger partial charge in [0.25, 0.3) is 0 Å². The quantitative estimate of drug-likeness (QED) is 0.931. The summed E-state index contributed by atoms with van der Waals surface area (Å²) in [5.41, 5.74) is 7.28. The van der Waals surface area contributed by atoms with Gasteiger partial charge in [0.2, 0.25) is 0 Å². The van der Waals surface area contributed by atoms with E-state index in [1.54, 1.807) is 6.07 Å². The number of nitrogens with two attached hydrogens (primary N) is 1. The largest absolute Gasteiger partial charge is 0.496 e. The van der Waals surface area contributed by atoms with Crippen LogP contribution in [-0.2, 0) is 0 Å². The molecule has 0 radical (unpaired) electrons. The Bertz CT molecular complexity index is 604. The van der Waals surface area contributed by atoms with Gasteiger partial charge in [-0.25, -0.2) is 8.78 Å². The smallest absolute Gasteiger partial charge is 0.124 e. The lowest BCUT2D eigenvalue weighted by Crippen LogP contribution is -2.14. The van der Waals surface area contributed by atoms with Crippen LogP contribution < -0.4 is 10.5 Å². The fraction of sp³-hybridized carbons (Fsp3) is 0.143. The van der Waals surface area contributed by atoms with Gasteiger partial charge in [0, 0.05) is 10.0 Å². The maximum atomic E-state index is 13.3. The summed E-state index contributed by atoms with van der Waals surface area (Å²) in [4.78, 5) is 0. The third-order valence-electron chi connectivity index (χ3n) is 2.82. The molecule has 2 nitrogen and oxygen atoms in total. The molecule has 0 aliphatic carbocycles. The topological polar surface area (TPSA) is 35.2 Å². The molecule has 0 saturated heterocycles. The van der Waals surface area contributed by atoms with Crippen LogP contribution in [0.5, 0.6) is 5.75 Å². The lowest BCUT2D eigenvalue weighted by atomic mass is 9.98. The van der Waals surface area contributed by atoms with Crippen LogP contribution >= 0.6 is 15.9 Å². The van der Waals surface area contributed by atoms with Crippen molar-refractivity contribution in [1.82, 2.24) is 0 Å². The monoisotopic (exact) mass is 327 g/mol. The molecule has 5 heteroatoms. The zero-order valence-corrected chi connectivity index (χ0v) is 11.7. The van der Waals surface area contributed by atoms with Gasteiger partial charge in [0.15, 0.2) is 0 Å². The molecule has 0 bridgehead atoms. The van der Waals surface area contributed by atoms with Gasteiger partial charge in [-0.15, -0.1) is 0 Å². The number of halogens is 3. The van der Waals surface area contributed by atoms with Crippen molar-refractivity contribution in [2.45, 2.75) is 6.04 Å². The average Bonchev–Trinajstić information content (AvgIpc) is 2.38. The first-order valence-corrected chi connectivity index (χ1v) is 6.36. The van der Waals surface area contributed by atoms with Gasteiger partial charge in [-0.05, 0) is 35.9 Å². The minimum absolute atomic E-state index is 0.367. The molecule has 0 amide bonds. The Labute approximate surface area is 118 Å². The second kappa shape index (κ2) is 5.67. The highest BCUT2D eigenvalue weighted by atomic mass is 79.9. The zero-order chi connectivity index (χ0) is 14.0. The summed E-state index contributed by atoms with van der Waals surface area (Å²) >= 11 is 3.26. The molecule has 1 atom stereocenters. The van der Waals surface area contributed by atoms with Crippen LogP contribution in [0, 0.1) is 11.6 Å². The van der Waals surface area contributed by atoms with Crippen LogP contribution in [0.1, 0.15) is 17.2 Å². The first-order valence-electron chi connectivity index (χ1n) is 5.57. The van der Waals surface area contributed by atoms with E-state index < -0.39 is 11.9 Å². The molecule has 2 N–H and O–H groups in total. The minimum atomic E-state index is -0.611. The number of hydrogen-bond donors (Lipinski definition) is 1. The zero-order valence-electron chi connectivity index (χ0n) is 10.2. The SMILES string of the molecule is COc1ccc(F)cc1C(N)c1ccc(F)cc1Br. The summed E-state index contributed by atoms with van der Waals surface area (Å²) < 4.78 is 32.1. The van der Waals surface area contributed by atoms with Crippen LogP contribution in [0.3, 0.4) is 0 Å². The summed E-state index contributed by atoms with van der Waals surface area (Å²) in [5, 5.41) is 0. The molecule has 0 aromatic heterocycles. The Kier molecular flexibility index (Phi) is 4.17. The predicted molar refractivity (Wildman–Crippen MR) is 73.1 cm³/mol. The van der Waals surface area contributed by atoms with E-state index in [2.05, 4.69) is 15.9 Å². The molecular weight excluding hydrogens is 316 g/mol. The van der Waals surface area contributed by atoms with E-state index in [1.807, 2.05) is 0 Å². The molecule has 0 heterocycles. The van der Waals surface area contributed by atoms with Gasteiger partial charge < -0.3 is 10.5 Å². The molecule has 0 aliphatic rings. The van der Waals surface area contributed by atoms with Crippen molar-refractivity contribution in [2.75, 3.05) is 7.11 Å². The van der Waals surface area contributed by atoms with Crippen LogP contribution in [0.25, 0.3) is 0 Å². The van der Waals surface area contributed by atoms with Gasteiger partial charge in [-0.3, -0.25) is 0 Å². The molecule has 2 aromatic rings. The maximum absolute atomic E-state index is 13.3. The van der Waals surface area contributed by atoms with Crippen molar-refractivity contribution in [3.63, 3.8) is 0 Å². The highest BCUT2D eigenvalue weighted by Crippen LogP contribution is 2.32. The lowest BCUT2D eigenvalue weighted by Gasteiger charge is -2.17. The van der Waals surface area contributed by atoms with Crippen molar-refractivity contribution < 1.29 is 13.5 Å². The first-order chi connectivity index (χ1) is 9.02. The standard InChI is InChI=1S/C14H12BrF2NO/c1-19-13-5-3-8(16)6-11(13)14(18)10-4-2-9(17)7-12(10)15/h2-7,14H,18H2,1H3. The van der Waals surface area contributed by atoms with Crippen molar-refractivity contribution in [1.29, 1.82) is 0 Å². The highest BCUT2D eigenvalue weighted by molar-refractivity contribution is 9.10. The van der Waals surface area contributed by atoms with Gasteiger partial charge in [0.1, 0.15) is 17.4 Å². The summed E-state index contributed by atoms with van der Waals surface area (Å²) in [6.45, 7) is 0. The maximum Gasteiger partial charge on any atom is 0.124 e. The van der Waals surface area contributed by atoms with Gasteiger partial charge in [-0.1, -0.05) is 22.0 Å². The van der Waals surface area contributed by atoms with Gasteiger partial charge >= 0.3 is 0 Å². The van der Waals surface area contributed by atoms with Gasteiger partial charge in [-0.2, -0.15) is 0 Å². The lowest BCUT2D eigenvalue weighted by molar-refractivity contribution is 0.406. The second-order valence-corrected chi connectivity index (χ2v) is 4.88. The van der Waals surface area contributed by atoms with E-state index >= 15 is 0 Å². The molecule has 2 aromatic carbocycles. The van der Waals surface area contributed by atoms with E-state index in [0.29, 0.717) is 21.3 Å². The van der Waals surface area contributed by atoms with E-state index in [1.165, 1.54) is 37.4 Å². The Morgan fingerprint density at radius 2 is 1.68 bits per heavy atom. The van der Waals surface area contributed by atoms with E-state index in [-0.39, 0.29) is 5.82 Å². The molecular formula is C14H12BrF2NO.